The minimum Gasteiger partial charge on any atom is -0.486 e. The summed E-state index contributed by atoms with van der Waals surface area (Å²) in [7, 11) is 0. The van der Waals surface area contributed by atoms with Crippen LogP contribution >= 0.6 is 0 Å². The molecule has 0 aliphatic carbocycles. The molecule has 1 aliphatic heterocycles. The number of pyridine rings is 1. The van der Waals surface area contributed by atoms with Crippen LogP contribution in [0.4, 0.5) is 4.39 Å². The highest BCUT2D eigenvalue weighted by atomic mass is 19.1. The van der Waals surface area contributed by atoms with Gasteiger partial charge in [0.05, 0.1) is 5.56 Å². The Morgan fingerprint density at radius 2 is 1.66 bits per heavy atom. The van der Waals surface area contributed by atoms with Crippen molar-refractivity contribution in [3.8, 4) is 5.75 Å². The van der Waals surface area contributed by atoms with Crippen LogP contribution in [0.5, 0.6) is 5.75 Å². The van der Waals surface area contributed by atoms with Crippen LogP contribution in [0.1, 0.15) is 57.2 Å². The van der Waals surface area contributed by atoms with E-state index in [2.05, 4.69) is 4.98 Å². The number of aromatic nitrogens is 1. The van der Waals surface area contributed by atoms with Gasteiger partial charge in [0.15, 0.2) is 5.75 Å². The number of carbonyl (C=O) groups is 3. The summed E-state index contributed by atoms with van der Waals surface area (Å²) in [5, 5.41) is 10.4. The van der Waals surface area contributed by atoms with Crippen molar-refractivity contribution < 1.29 is 33.4 Å². The smallest absolute Gasteiger partial charge is 0.342 e. The largest absolute Gasteiger partial charge is 0.486 e. The molecule has 0 bridgehead atoms. The Morgan fingerprint density at radius 3 is 2.32 bits per heavy atom. The molecule has 1 N–H and O–H groups in total. The van der Waals surface area contributed by atoms with E-state index in [9.17, 15) is 23.9 Å². The SMILES string of the molecule is CC(=O)N1CCC(OC(=O)c2cc(C(=O)O)c3cc(Cc4ccc(F)cc4)cnc3c2OCc2ccccc2)CC1. The van der Waals surface area contributed by atoms with E-state index < -0.39 is 18.0 Å². The summed E-state index contributed by atoms with van der Waals surface area (Å²) in [6.07, 6.45) is 2.55. The van der Waals surface area contributed by atoms with E-state index in [0.29, 0.717) is 43.3 Å². The summed E-state index contributed by atoms with van der Waals surface area (Å²) in [5.41, 5.74) is 2.49. The molecule has 0 saturated carbocycles. The maximum atomic E-state index is 13.5. The predicted molar refractivity (Wildman–Crippen MR) is 149 cm³/mol. The molecular weight excluding hydrogens is 527 g/mol. The van der Waals surface area contributed by atoms with E-state index >= 15 is 0 Å². The highest BCUT2D eigenvalue weighted by Gasteiger charge is 2.28. The third-order valence-electron chi connectivity index (χ3n) is 7.14. The van der Waals surface area contributed by atoms with Crippen molar-refractivity contribution in [1.82, 2.24) is 9.88 Å². The van der Waals surface area contributed by atoms with Gasteiger partial charge in [-0.3, -0.25) is 9.78 Å². The molecule has 0 radical (unpaired) electrons. The number of hydrogen-bond acceptors (Lipinski definition) is 6. The number of esters is 1. The molecule has 9 heteroatoms. The van der Waals surface area contributed by atoms with Gasteiger partial charge in [-0.15, -0.1) is 0 Å². The van der Waals surface area contributed by atoms with Gasteiger partial charge in [0.2, 0.25) is 5.91 Å². The normalized spacial score (nSPS) is 13.7. The van der Waals surface area contributed by atoms with Crippen LogP contribution in [0.15, 0.2) is 72.9 Å². The second-order valence-electron chi connectivity index (χ2n) is 10.0. The van der Waals surface area contributed by atoms with E-state index in [-0.39, 0.29) is 40.7 Å². The van der Waals surface area contributed by atoms with Gasteiger partial charge in [-0.05, 0) is 47.4 Å². The molecule has 8 nitrogen and oxygen atoms in total. The number of likely N-dealkylation sites (tertiary alicyclic amines) is 1. The van der Waals surface area contributed by atoms with Gasteiger partial charge in [-0.2, -0.15) is 0 Å². The zero-order valence-corrected chi connectivity index (χ0v) is 22.5. The zero-order chi connectivity index (χ0) is 28.9. The van der Waals surface area contributed by atoms with E-state index in [4.69, 9.17) is 9.47 Å². The average molecular weight is 557 g/mol. The van der Waals surface area contributed by atoms with E-state index in [1.54, 1.807) is 29.3 Å². The minimum atomic E-state index is -1.23. The van der Waals surface area contributed by atoms with Gasteiger partial charge in [-0.1, -0.05) is 42.5 Å². The number of aromatic carboxylic acids is 1. The van der Waals surface area contributed by atoms with Gasteiger partial charge in [0.25, 0.3) is 0 Å². The van der Waals surface area contributed by atoms with Crippen molar-refractivity contribution in [2.24, 2.45) is 0 Å². The van der Waals surface area contributed by atoms with Crippen molar-refractivity contribution in [3.63, 3.8) is 0 Å². The molecule has 0 atom stereocenters. The molecular formula is C32H29FN2O6. The number of fused-ring (bicyclic) bond motifs is 1. The number of nitrogens with zero attached hydrogens (tertiary/aromatic N) is 2. The van der Waals surface area contributed by atoms with Gasteiger partial charge in [0.1, 0.15) is 29.6 Å². The lowest BCUT2D eigenvalue weighted by atomic mass is 9.99. The Morgan fingerprint density at radius 1 is 0.951 bits per heavy atom. The van der Waals surface area contributed by atoms with E-state index in [1.807, 2.05) is 30.3 Å². The molecule has 41 heavy (non-hydrogen) atoms. The molecule has 1 fully saturated rings. The molecule has 5 rings (SSSR count). The molecule has 0 unspecified atom stereocenters. The molecule has 210 valence electrons. The van der Waals surface area contributed by atoms with Gasteiger partial charge >= 0.3 is 11.9 Å². The first-order chi connectivity index (χ1) is 19.8. The summed E-state index contributed by atoms with van der Waals surface area (Å²) in [5.74, 6) is -2.18. The maximum absolute atomic E-state index is 13.5. The lowest BCUT2D eigenvalue weighted by Gasteiger charge is -2.31. The second-order valence-corrected chi connectivity index (χ2v) is 10.0. The van der Waals surface area contributed by atoms with Crippen LogP contribution in [0.25, 0.3) is 10.9 Å². The van der Waals surface area contributed by atoms with Crippen molar-refractivity contribution >= 4 is 28.7 Å². The van der Waals surface area contributed by atoms with Crippen molar-refractivity contribution in [3.05, 3.63) is 107 Å². The van der Waals surface area contributed by atoms with Crippen molar-refractivity contribution in [2.45, 2.75) is 38.9 Å². The van der Waals surface area contributed by atoms with Crippen LogP contribution in [0.2, 0.25) is 0 Å². The zero-order valence-electron chi connectivity index (χ0n) is 22.5. The van der Waals surface area contributed by atoms with Gasteiger partial charge in [-0.25, -0.2) is 14.0 Å². The fraction of sp³-hybridized carbons (Fsp3) is 0.250. The first-order valence-corrected chi connectivity index (χ1v) is 13.3. The van der Waals surface area contributed by atoms with Crippen LogP contribution in [0.3, 0.4) is 0 Å². The predicted octanol–water partition coefficient (Wildman–Crippen LogP) is 5.41. The summed E-state index contributed by atoms with van der Waals surface area (Å²) in [4.78, 5) is 43.8. The quantitative estimate of drug-likeness (QED) is 0.289. The first kappa shape index (κ1) is 27.8. The Balaban J connectivity index is 1.52. The molecule has 0 spiro atoms. The standard InChI is InChI=1S/C32H29FN2O6/c1-20(36)35-13-11-25(12-14-35)41-32(39)28-17-27(31(37)38)26-16-23(15-21-7-9-24(33)10-8-21)18-34-29(26)30(28)40-19-22-5-3-2-4-6-22/h2-10,16-18,25H,11-15,19H2,1H3,(H,37,38). The van der Waals surface area contributed by atoms with Crippen LogP contribution < -0.4 is 4.74 Å². The number of ether oxygens (including phenoxy) is 2. The van der Waals surface area contributed by atoms with Gasteiger partial charge in [0, 0.05) is 44.4 Å². The van der Waals surface area contributed by atoms with E-state index in [0.717, 1.165) is 11.1 Å². The second kappa shape index (κ2) is 12.2. The molecule has 1 aromatic heterocycles. The maximum Gasteiger partial charge on any atom is 0.342 e. The summed E-state index contributed by atoms with van der Waals surface area (Å²) < 4.78 is 25.3. The van der Waals surface area contributed by atoms with Gasteiger partial charge < -0.3 is 19.5 Å². The number of halogens is 1. The average Bonchev–Trinajstić information content (AvgIpc) is 2.97. The number of rotatable bonds is 8. The fourth-order valence-electron chi connectivity index (χ4n) is 4.95. The van der Waals surface area contributed by atoms with Crippen LogP contribution in [-0.4, -0.2) is 52.0 Å². The molecule has 1 amide bonds. The number of piperidine rings is 1. The number of benzene rings is 3. The van der Waals surface area contributed by atoms with Crippen LogP contribution in [0, 0.1) is 5.82 Å². The molecule has 2 heterocycles. The number of carboxylic acid groups (broad SMARTS) is 1. The van der Waals surface area contributed by atoms with E-state index in [1.165, 1.54) is 25.1 Å². The van der Waals surface area contributed by atoms with Crippen molar-refractivity contribution in [2.75, 3.05) is 13.1 Å². The third kappa shape index (κ3) is 6.51. The third-order valence-corrected chi connectivity index (χ3v) is 7.14. The monoisotopic (exact) mass is 556 g/mol. The lowest BCUT2D eigenvalue weighted by molar-refractivity contribution is -0.130. The summed E-state index contributed by atoms with van der Waals surface area (Å²) in [6, 6.07) is 18.4. The number of hydrogen-bond donors (Lipinski definition) is 1. The summed E-state index contributed by atoms with van der Waals surface area (Å²) >= 11 is 0. The Labute approximate surface area is 236 Å². The minimum absolute atomic E-state index is 0.0291. The highest BCUT2D eigenvalue weighted by Crippen LogP contribution is 2.34. The highest BCUT2D eigenvalue weighted by molar-refractivity contribution is 6.09. The van der Waals surface area contributed by atoms with Crippen LogP contribution in [-0.2, 0) is 22.6 Å². The Hall–Kier alpha value is -4.79. The molecule has 1 saturated heterocycles. The summed E-state index contributed by atoms with van der Waals surface area (Å²) in [6.45, 7) is 2.57. The van der Waals surface area contributed by atoms with Crippen molar-refractivity contribution in [1.29, 1.82) is 0 Å². The number of carbonyl (C=O) groups excluding carboxylic acids is 2. The molecule has 3 aromatic carbocycles. The Kier molecular flexibility index (Phi) is 8.24. The number of carboxylic acids is 1. The lowest BCUT2D eigenvalue weighted by Crippen LogP contribution is -2.40. The molecule has 4 aromatic rings. The molecule has 1 aliphatic rings. The fourth-order valence-corrected chi connectivity index (χ4v) is 4.95. The Bertz CT molecular complexity index is 1580. The topological polar surface area (TPSA) is 106 Å². The first-order valence-electron chi connectivity index (χ1n) is 13.3. The number of amides is 1.